The molecule has 9 nitrogen and oxygen atoms in total. The van der Waals surface area contributed by atoms with E-state index in [4.69, 9.17) is 16.0 Å². The smallest absolute Gasteiger partial charge is 0.408 e. The van der Waals surface area contributed by atoms with Crippen LogP contribution in [0.5, 0.6) is 0 Å². The Hall–Kier alpha value is -3.59. The first-order chi connectivity index (χ1) is 16.3. The molecule has 0 bridgehead atoms. The summed E-state index contributed by atoms with van der Waals surface area (Å²) in [6.07, 6.45) is 2.25. The normalized spacial score (nSPS) is 13.6. The minimum absolute atomic E-state index is 0.0981. The molecule has 0 radical (unpaired) electrons. The first kappa shape index (κ1) is 22.2. The van der Waals surface area contributed by atoms with Gasteiger partial charge >= 0.3 is 17.1 Å². The fraction of sp³-hybridized carbons (Fsp3) is 0.333. The van der Waals surface area contributed by atoms with E-state index in [-0.39, 0.29) is 18.5 Å². The molecule has 176 valence electrons. The van der Waals surface area contributed by atoms with E-state index in [0.29, 0.717) is 34.3 Å². The van der Waals surface area contributed by atoms with Gasteiger partial charge in [-0.25, -0.2) is 19.0 Å². The average Bonchev–Trinajstić information content (AvgIpc) is 3.55. The van der Waals surface area contributed by atoms with Crippen LogP contribution in [0.3, 0.4) is 0 Å². The van der Waals surface area contributed by atoms with E-state index in [1.165, 1.54) is 4.57 Å². The van der Waals surface area contributed by atoms with Crippen molar-refractivity contribution in [3.8, 4) is 0 Å². The second-order valence-corrected chi connectivity index (χ2v) is 9.34. The number of aromatic nitrogens is 4. The zero-order chi connectivity index (χ0) is 24.0. The second kappa shape index (κ2) is 8.64. The number of hydrogen-bond donors (Lipinski definition) is 1. The number of rotatable bonds is 7. The third-order valence-corrected chi connectivity index (χ3v) is 6.18. The molecule has 1 aliphatic rings. The Morgan fingerprint density at radius 3 is 2.50 bits per heavy atom. The Balaban J connectivity index is 1.55. The molecular formula is C24H24ClN5O4. The van der Waals surface area contributed by atoms with Crippen molar-refractivity contribution in [2.45, 2.75) is 45.8 Å². The van der Waals surface area contributed by atoms with Crippen molar-refractivity contribution in [2.75, 3.05) is 5.32 Å². The minimum Gasteiger partial charge on any atom is -0.408 e. The van der Waals surface area contributed by atoms with Crippen LogP contribution in [0, 0.1) is 5.92 Å². The molecule has 0 amide bonds. The fourth-order valence-electron chi connectivity index (χ4n) is 3.96. The molecule has 2 aromatic carbocycles. The number of hydrogen-bond acceptors (Lipinski definition) is 6. The van der Waals surface area contributed by atoms with E-state index < -0.39 is 17.1 Å². The Bertz CT molecular complexity index is 1540. The second-order valence-electron chi connectivity index (χ2n) is 8.91. The molecule has 1 aliphatic carbocycles. The molecule has 34 heavy (non-hydrogen) atoms. The van der Waals surface area contributed by atoms with Gasteiger partial charge in [0.15, 0.2) is 5.58 Å². The first-order valence-electron chi connectivity index (χ1n) is 11.2. The maximum absolute atomic E-state index is 13.2. The summed E-state index contributed by atoms with van der Waals surface area (Å²) in [6.45, 7) is 4.35. The molecule has 2 heterocycles. The predicted octanol–water partition coefficient (Wildman–Crippen LogP) is 3.75. The first-order valence-corrected chi connectivity index (χ1v) is 11.6. The van der Waals surface area contributed by atoms with E-state index >= 15 is 0 Å². The number of anilines is 2. The fourth-order valence-corrected chi connectivity index (χ4v) is 4.09. The van der Waals surface area contributed by atoms with Crippen molar-refractivity contribution in [2.24, 2.45) is 5.92 Å². The third-order valence-electron chi connectivity index (χ3n) is 5.93. The summed E-state index contributed by atoms with van der Waals surface area (Å²) in [4.78, 5) is 42.3. The number of nitrogens with zero attached hydrogens (tertiary/aromatic N) is 4. The van der Waals surface area contributed by atoms with Crippen LogP contribution in [0.15, 0.2) is 61.3 Å². The van der Waals surface area contributed by atoms with Gasteiger partial charge in [-0.15, -0.1) is 0 Å². The Kier molecular flexibility index (Phi) is 5.65. The van der Waals surface area contributed by atoms with Crippen LogP contribution in [0.1, 0.15) is 38.3 Å². The van der Waals surface area contributed by atoms with Gasteiger partial charge in [-0.1, -0.05) is 23.7 Å². The van der Waals surface area contributed by atoms with E-state index in [2.05, 4.69) is 10.3 Å². The highest BCUT2D eigenvalue weighted by Gasteiger charge is 2.24. The van der Waals surface area contributed by atoms with Crippen LogP contribution in [-0.4, -0.2) is 18.7 Å². The largest absolute Gasteiger partial charge is 0.419 e. The maximum Gasteiger partial charge on any atom is 0.419 e. The Labute approximate surface area is 199 Å². The molecule has 0 aliphatic heterocycles. The number of nitrogens with one attached hydrogen (secondary N) is 1. The maximum atomic E-state index is 13.2. The summed E-state index contributed by atoms with van der Waals surface area (Å²) in [5.74, 6) is 0.229. The zero-order valence-electron chi connectivity index (χ0n) is 18.8. The van der Waals surface area contributed by atoms with Crippen molar-refractivity contribution >= 4 is 34.3 Å². The monoisotopic (exact) mass is 481 g/mol. The van der Waals surface area contributed by atoms with Gasteiger partial charge < -0.3 is 9.73 Å². The molecule has 1 saturated carbocycles. The van der Waals surface area contributed by atoms with Gasteiger partial charge in [0.2, 0.25) is 5.95 Å². The highest BCUT2D eigenvalue weighted by atomic mass is 35.5. The average molecular weight is 482 g/mol. The molecule has 0 spiro atoms. The van der Waals surface area contributed by atoms with Gasteiger partial charge in [-0.05, 0) is 62.4 Å². The lowest BCUT2D eigenvalue weighted by Gasteiger charge is -2.17. The summed E-state index contributed by atoms with van der Waals surface area (Å²) in [7, 11) is 0. The standard InChI is InChI=1S/C24H24ClN5O4/c1-14(2)30-22(31)27-21(29(23(30)32)13-16-5-7-17(25)8-6-16)26-18-9-10-19-20(11-18)34-24(33)28(19)12-15-3-4-15/h5-11,14-15H,3-4,12-13H2,1-2H3,(H,26,27,31). The zero-order valence-corrected chi connectivity index (χ0v) is 19.6. The third kappa shape index (κ3) is 4.31. The van der Waals surface area contributed by atoms with Crippen LogP contribution < -0.4 is 22.5 Å². The molecule has 10 heteroatoms. The van der Waals surface area contributed by atoms with Crippen molar-refractivity contribution in [1.82, 2.24) is 18.7 Å². The molecular weight excluding hydrogens is 458 g/mol. The predicted molar refractivity (Wildman–Crippen MR) is 130 cm³/mol. The van der Waals surface area contributed by atoms with Gasteiger partial charge in [0.25, 0.3) is 0 Å². The van der Waals surface area contributed by atoms with Crippen molar-refractivity contribution in [3.63, 3.8) is 0 Å². The lowest BCUT2D eigenvalue weighted by atomic mass is 10.2. The molecule has 0 unspecified atom stereocenters. The number of halogens is 1. The van der Waals surface area contributed by atoms with Crippen molar-refractivity contribution in [3.05, 3.63) is 84.6 Å². The van der Waals surface area contributed by atoms with E-state index in [1.807, 2.05) is 12.1 Å². The van der Waals surface area contributed by atoms with Crippen molar-refractivity contribution < 1.29 is 4.42 Å². The van der Waals surface area contributed by atoms with Gasteiger partial charge in [-0.2, -0.15) is 4.98 Å². The molecule has 0 saturated heterocycles. The Morgan fingerprint density at radius 2 is 1.82 bits per heavy atom. The summed E-state index contributed by atoms with van der Waals surface area (Å²) >= 11 is 5.99. The number of fused-ring (bicyclic) bond motifs is 1. The topological polar surface area (TPSA) is 104 Å². The summed E-state index contributed by atoms with van der Waals surface area (Å²) < 4.78 is 9.61. The van der Waals surface area contributed by atoms with Gasteiger partial charge in [-0.3, -0.25) is 9.13 Å². The lowest BCUT2D eigenvalue weighted by molar-refractivity contribution is 0.492. The molecule has 1 N–H and O–H groups in total. The van der Waals surface area contributed by atoms with E-state index in [1.54, 1.807) is 48.7 Å². The van der Waals surface area contributed by atoms with Gasteiger partial charge in [0, 0.05) is 29.4 Å². The van der Waals surface area contributed by atoms with Crippen molar-refractivity contribution in [1.29, 1.82) is 0 Å². The van der Waals surface area contributed by atoms with Crippen LogP contribution in [0.2, 0.25) is 5.02 Å². The van der Waals surface area contributed by atoms with E-state index in [0.717, 1.165) is 23.0 Å². The van der Waals surface area contributed by atoms with Crippen LogP contribution in [0.4, 0.5) is 11.6 Å². The molecule has 1 fully saturated rings. The quantitative estimate of drug-likeness (QED) is 0.431. The Morgan fingerprint density at radius 1 is 1.09 bits per heavy atom. The lowest BCUT2D eigenvalue weighted by Crippen LogP contribution is -2.43. The summed E-state index contributed by atoms with van der Waals surface area (Å²) in [5, 5.41) is 3.65. The highest BCUT2D eigenvalue weighted by molar-refractivity contribution is 6.30. The van der Waals surface area contributed by atoms with E-state index in [9.17, 15) is 14.4 Å². The van der Waals surface area contributed by atoms with Gasteiger partial charge in [0.1, 0.15) is 0 Å². The van der Waals surface area contributed by atoms with Crippen LogP contribution in [-0.2, 0) is 13.1 Å². The number of benzene rings is 2. The molecule has 2 aromatic heterocycles. The minimum atomic E-state index is -0.641. The SMILES string of the molecule is CC(C)n1c(=O)nc(Nc2ccc3c(c2)oc(=O)n3CC2CC2)n(Cc2ccc(Cl)cc2)c1=O. The molecule has 4 aromatic rings. The number of oxazole rings is 1. The van der Waals surface area contributed by atoms with Crippen LogP contribution in [0.25, 0.3) is 11.1 Å². The highest BCUT2D eigenvalue weighted by Crippen LogP contribution is 2.31. The molecule has 5 rings (SSSR count). The summed E-state index contributed by atoms with van der Waals surface area (Å²) in [5.41, 5.74) is 1.39. The molecule has 0 atom stereocenters. The summed E-state index contributed by atoms with van der Waals surface area (Å²) in [6, 6.07) is 12.0. The van der Waals surface area contributed by atoms with Crippen LogP contribution >= 0.6 is 11.6 Å². The van der Waals surface area contributed by atoms with Gasteiger partial charge in [0.05, 0.1) is 12.1 Å².